The average Bonchev–Trinajstić information content (AvgIpc) is 3.61. The zero-order valence-electron chi connectivity index (χ0n) is 31.7. The number of unbranched alkanes of at least 4 members (excludes halogenated alkanes) is 26. The number of hydrogen-bond acceptors (Lipinski definition) is 5. The zero-order valence-corrected chi connectivity index (χ0v) is 31.7. The predicted molar refractivity (Wildman–Crippen MR) is 200 cm³/mol. The normalized spacial score (nSPS) is 11.9. The second-order valence-corrected chi connectivity index (χ2v) is 14.2. The lowest BCUT2D eigenvalue weighted by molar-refractivity contribution is -0.160. The molecule has 0 unspecified atom stereocenters. The molecule has 1 aromatic heterocycles. The van der Waals surface area contributed by atoms with Crippen molar-refractivity contribution in [3.8, 4) is 0 Å². The second kappa shape index (κ2) is 32.0. The number of aromatic nitrogens is 2. The summed E-state index contributed by atoms with van der Waals surface area (Å²) in [7, 11) is 1.32. The smallest absolute Gasteiger partial charge is 0.329 e. The molecule has 2 amide bonds. The Kier molecular flexibility index (Phi) is 29.3. The van der Waals surface area contributed by atoms with Gasteiger partial charge in [-0.2, -0.15) is 0 Å². The lowest BCUT2D eigenvalue weighted by Crippen LogP contribution is -2.50. The molecule has 0 bridgehead atoms. The number of nitrogens with one attached hydrogen (secondary N) is 1. The third-order valence-electron chi connectivity index (χ3n) is 9.78. The molecular formula is C41H75N3O4. The first-order valence-corrected chi connectivity index (χ1v) is 20.4. The molecule has 1 atom stereocenters. The summed E-state index contributed by atoms with van der Waals surface area (Å²) in [5.74, 6) is -1.09. The van der Waals surface area contributed by atoms with Crippen LogP contribution in [0.5, 0.6) is 0 Å². The van der Waals surface area contributed by atoms with Crippen LogP contribution in [-0.4, -0.2) is 45.8 Å². The molecule has 278 valence electrons. The Morgan fingerprint density at radius 3 is 1.21 bits per heavy atom. The summed E-state index contributed by atoms with van der Waals surface area (Å²) in [6, 6.07) is -0.978. The van der Waals surface area contributed by atoms with Gasteiger partial charge in [0.2, 0.25) is 11.8 Å². The minimum Gasteiger partial charge on any atom is -0.467 e. The molecule has 48 heavy (non-hydrogen) atoms. The van der Waals surface area contributed by atoms with Gasteiger partial charge in [0, 0.05) is 31.2 Å². The van der Waals surface area contributed by atoms with E-state index in [9.17, 15) is 14.4 Å². The highest BCUT2D eigenvalue weighted by Crippen LogP contribution is 2.19. The van der Waals surface area contributed by atoms with Crippen molar-refractivity contribution in [1.29, 1.82) is 0 Å². The first-order chi connectivity index (χ1) is 23.5. The van der Waals surface area contributed by atoms with Gasteiger partial charge in [0.25, 0.3) is 0 Å². The number of esters is 1. The molecule has 0 aliphatic rings. The molecular weight excluding hydrogens is 598 g/mol. The highest BCUT2D eigenvalue weighted by Gasteiger charge is 2.35. The zero-order chi connectivity index (χ0) is 34.9. The maximum atomic E-state index is 13.5. The minimum atomic E-state index is -0.978. The van der Waals surface area contributed by atoms with E-state index in [1.54, 1.807) is 12.5 Å². The number of H-pyrrole nitrogens is 1. The molecule has 0 fully saturated rings. The van der Waals surface area contributed by atoms with Crippen LogP contribution in [0.4, 0.5) is 0 Å². The highest BCUT2D eigenvalue weighted by atomic mass is 16.5. The molecule has 0 aromatic carbocycles. The average molecular weight is 674 g/mol. The number of rotatable bonds is 34. The van der Waals surface area contributed by atoms with Crippen molar-refractivity contribution in [1.82, 2.24) is 14.9 Å². The van der Waals surface area contributed by atoms with Crippen LogP contribution in [0.3, 0.4) is 0 Å². The van der Waals surface area contributed by atoms with Crippen molar-refractivity contribution in [2.45, 2.75) is 219 Å². The molecule has 1 heterocycles. The van der Waals surface area contributed by atoms with Gasteiger partial charge < -0.3 is 9.72 Å². The van der Waals surface area contributed by atoms with E-state index in [1.165, 1.54) is 153 Å². The van der Waals surface area contributed by atoms with E-state index >= 15 is 0 Å². The molecule has 0 aliphatic heterocycles. The highest BCUT2D eigenvalue weighted by molar-refractivity contribution is 5.99. The summed E-state index contributed by atoms with van der Waals surface area (Å²) in [5.41, 5.74) is 0.698. The van der Waals surface area contributed by atoms with Crippen LogP contribution in [0, 0.1) is 0 Å². The fraction of sp³-hybridized carbons (Fsp3) is 0.854. The standard InChI is InChI=1S/C41H75N3O4/c1-4-6-8-10-12-14-16-18-19-21-23-25-27-29-31-33-40(46)44(38(41(47)48-3)34-37-35-42-36-43-37)39(45)32-30-28-26-24-22-20-17-15-13-11-9-7-5-2/h35-36,38H,4-34H2,1-3H3,(H,42,43)/t38-/m0/s1. The van der Waals surface area contributed by atoms with E-state index < -0.39 is 12.0 Å². The first kappa shape index (κ1) is 43.8. The number of carbonyl (C=O) groups is 3. The van der Waals surface area contributed by atoms with Crippen molar-refractivity contribution < 1.29 is 19.1 Å². The number of nitrogens with zero attached hydrogens (tertiary/aromatic N) is 2. The number of methoxy groups -OCH3 is 1. The lowest BCUT2D eigenvalue weighted by Gasteiger charge is -2.28. The minimum absolute atomic E-state index is 0.182. The Balaban J connectivity index is 2.39. The van der Waals surface area contributed by atoms with Gasteiger partial charge in [-0.25, -0.2) is 9.78 Å². The van der Waals surface area contributed by atoms with Crippen molar-refractivity contribution >= 4 is 17.8 Å². The monoisotopic (exact) mass is 674 g/mol. The Labute approximate surface area is 295 Å². The first-order valence-electron chi connectivity index (χ1n) is 20.4. The number of ether oxygens (including phenoxy) is 1. The molecule has 7 heteroatoms. The summed E-state index contributed by atoms with van der Waals surface area (Å²) >= 11 is 0. The van der Waals surface area contributed by atoms with Gasteiger partial charge >= 0.3 is 5.97 Å². The van der Waals surface area contributed by atoms with E-state index in [2.05, 4.69) is 23.8 Å². The number of hydrogen-bond donors (Lipinski definition) is 1. The second-order valence-electron chi connectivity index (χ2n) is 14.2. The van der Waals surface area contributed by atoms with Gasteiger partial charge in [-0.15, -0.1) is 0 Å². The lowest BCUT2D eigenvalue weighted by atomic mass is 10.0. The molecule has 1 rings (SSSR count). The largest absolute Gasteiger partial charge is 0.467 e. The SMILES string of the molecule is CCCCCCCCCCCCCCCCCC(=O)N(C(=O)CCCCCCCCCCCCCCC)[C@@H](Cc1cnc[nH]1)C(=O)OC. The molecule has 0 radical (unpaired) electrons. The summed E-state index contributed by atoms with van der Waals surface area (Å²) in [6.45, 7) is 4.53. The van der Waals surface area contributed by atoms with E-state index in [1.807, 2.05) is 0 Å². The number of imidazole rings is 1. The molecule has 7 nitrogen and oxygen atoms in total. The number of amides is 2. The molecule has 0 saturated carbocycles. The van der Waals surface area contributed by atoms with Gasteiger partial charge in [0.15, 0.2) is 0 Å². The third-order valence-corrected chi connectivity index (χ3v) is 9.78. The molecule has 1 aromatic rings. The molecule has 0 spiro atoms. The van der Waals surface area contributed by atoms with Crippen LogP contribution in [-0.2, 0) is 25.5 Å². The summed E-state index contributed by atoms with van der Waals surface area (Å²) < 4.78 is 5.08. The third kappa shape index (κ3) is 23.2. The predicted octanol–water partition coefficient (Wildman–Crippen LogP) is 11.6. The quantitative estimate of drug-likeness (QED) is 0.0580. The van der Waals surface area contributed by atoms with Crippen molar-refractivity contribution in [2.24, 2.45) is 0 Å². The van der Waals surface area contributed by atoms with Gasteiger partial charge in [-0.3, -0.25) is 14.5 Å². The maximum absolute atomic E-state index is 13.5. The Hall–Kier alpha value is -2.18. The van der Waals surface area contributed by atoms with Crippen LogP contribution in [0.2, 0.25) is 0 Å². The molecule has 0 saturated heterocycles. The molecule has 0 aliphatic carbocycles. The van der Waals surface area contributed by atoms with Gasteiger partial charge in [-0.1, -0.05) is 181 Å². The van der Waals surface area contributed by atoms with Crippen LogP contribution in [0.1, 0.15) is 212 Å². The Morgan fingerprint density at radius 2 is 0.917 bits per heavy atom. The van der Waals surface area contributed by atoms with Crippen LogP contribution in [0.15, 0.2) is 12.5 Å². The van der Waals surface area contributed by atoms with Crippen molar-refractivity contribution in [3.63, 3.8) is 0 Å². The summed E-state index contributed by atoms with van der Waals surface area (Å²) in [6.07, 6.45) is 38.8. The van der Waals surface area contributed by atoms with Crippen LogP contribution < -0.4 is 0 Å². The van der Waals surface area contributed by atoms with Crippen molar-refractivity contribution in [2.75, 3.05) is 7.11 Å². The number of aromatic amines is 1. The van der Waals surface area contributed by atoms with Crippen molar-refractivity contribution in [3.05, 3.63) is 18.2 Å². The van der Waals surface area contributed by atoms with E-state index in [-0.39, 0.29) is 31.1 Å². The van der Waals surface area contributed by atoms with Gasteiger partial charge in [-0.05, 0) is 12.8 Å². The van der Waals surface area contributed by atoms with Crippen LogP contribution in [0.25, 0.3) is 0 Å². The van der Waals surface area contributed by atoms with E-state index in [4.69, 9.17) is 4.74 Å². The number of carbonyl (C=O) groups excluding carboxylic acids is 3. The molecule has 1 N–H and O–H groups in total. The fourth-order valence-corrected chi connectivity index (χ4v) is 6.69. The summed E-state index contributed by atoms with van der Waals surface area (Å²) in [4.78, 5) is 48.2. The number of imide groups is 1. The van der Waals surface area contributed by atoms with Crippen LogP contribution >= 0.6 is 0 Å². The van der Waals surface area contributed by atoms with E-state index in [0.29, 0.717) is 5.69 Å². The van der Waals surface area contributed by atoms with Gasteiger partial charge in [0.05, 0.1) is 13.4 Å². The topological polar surface area (TPSA) is 92.4 Å². The van der Waals surface area contributed by atoms with E-state index in [0.717, 1.165) is 38.5 Å². The summed E-state index contributed by atoms with van der Waals surface area (Å²) in [5, 5.41) is 0. The maximum Gasteiger partial charge on any atom is 0.329 e. The Morgan fingerprint density at radius 1 is 0.583 bits per heavy atom. The Bertz CT molecular complexity index is 888. The fourth-order valence-electron chi connectivity index (χ4n) is 6.69. The van der Waals surface area contributed by atoms with Gasteiger partial charge in [0.1, 0.15) is 6.04 Å².